The van der Waals surface area contributed by atoms with E-state index < -0.39 is 6.10 Å². The van der Waals surface area contributed by atoms with E-state index in [-0.39, 0.29) is 6.54 Å². The van der Waals surface area contributed by atoms with Crippen molar-refractivity contribution in [3.05, 3.63) is 33.3 Å². The molecule has 0 bridgehead atoms. The summed E-state index contributed by atoms with van der Waals surface area (Å²) in [6, 6.07) is 5.48. The van der Waals surface area contributed by atoms with Crippen LogP contribution in [-0.4, -0.2) is 17.8 Å². The van der Waals surface area contributed by atoms with Crippen molar-refractivity contribution in [1.29, 1.82) is 0 Å². The van der Waals surface area contributed by atoms with Crippen molar-refractivity contribution in [2.75, 3.05) is 6.54 Å². The summed E-state index contributed by atoms with van der Waals surface area (Å²) < 4.78 is 0.910. The molecule has 0 aromatic heterocycles. The third kappa shape index (κ3) is 3.27. The molecule has 1 aromatic carbocycles. The maximum absolute atomic E-state index is 9.33. The molecule has 0 aliphatic rings. The first-order valence-electron chi connectivity index (χ1n) is 3.95. The van der Waals surface area contributed by atoms with Crippen LogP contribution in [0.1, 0.15) is 5.56 Å². The SMILES string of the molecule is NCC(O)Cc1ccc(Cl)cc1Br. The van der Waals surface area contributed by atoms with E-state index in [1.54, 1.807) is 12.1 Å². The minimum absolute atomic E-state index is 0.273. The van der Waals surface area contributed by atoms with E-state index in [1.165, 1.54) is 0 Å². The van der Waals surface area contributed by atoms with E-state index in [0.29, 0.717) is 11.4 Å². The highest BCUT2D eigenvalue weighted by molar-refractivity contribution is 9.10. The molecule has 4 heteroatoms. The molecule has 0 radical (unpaired) electrons. The Hall–Kier alpha value is -0.0900. The van der Waals surface area contributed by atoms with E-state index in [4.69, 9.17) is 17.3 Å². The summed E-state index contributed by atoms with van der Waals surface area (Å²) in [4.78, 5) is 0. The maximum Gasteiger partial charge on any atom is 0.0703 e. The lowest BCUT2D eigenvalue weighted by atomic mass is 10.1. The Kier molecular flexibility index (Phi) is 4.19. The van der Waals surface area contributed by atoms with Crippen molar-refractivity contribution < 1.29 is 5.11 Å². The van der Waals surface area contributed by atoms with E-state index in [9.17, 15) is 5.11 Å². The summed E-state index contributed by atoms with van der Waals surface area (Å²) in [5.74, 6) is 0. The maximum atomic E-state index is 9.33. The van der Waals surface area contributed by atoms with Crippen LogP contribution in [0, 0.1) is 0 Å². The zero-order valence-corrected chi connectivity index (χ0v) is 9.35. The van der Waals surface area contributed by atoms with Crippen LogP contribution in [0.25, 0.3) is 0 Å². The Morgan fingerprint density at radius 3 is 2.77 bits per heavy atom. The lowest BCUT2D eigenvalue weighted by Crippen LogP contribution is -2.22. The topological polar surface area (TPSA) is 46.2 Å². The van der Waals surface area contributed by atoms with Crippen LogP contribution in [0.15, 0.2) is 22.7 Å². The quantitative estimate of drug-likeness (QED) is 0.877. The summed E-state index contributed by atoms with van der Waals surface area (Å²) in [5.41, 5.74) is 6.32. The Labute approximate surface area is 90.8 Å². The molecule has 0 heterocycles. The first-order valence-corrected chi connectivity index (χ1v) is 5.12. The fourth-order valence-electron chi connectivity index (χ4n) is 1.02. The highest BCUT2D eigenvalue weighted by atomic mass is 79.9. The summed E-state index contributed by atoms with van der Waals surface area (Å²) in [7, 11) is 0. The van der Waals surface area contributed by atoms with E-state index in [2.05, 4.69) is 15.9 Å². The standard InChI is InChI=1S/C9H11BrClNO/c10-9-4-7(11)2-1-6(9)3-8(13)5-12/h1-2,4,8,13H,3,5,12H2. The van der Waals surface area contributed by atoms with Gasteiger partial charge < -0.3 is 10.8 Å². The molecular weight excluding hydrogens is 253 g/mol. The number of nitrogens with two attached hydrogens (primary N) is 1. The molecule has 0 fully saturated rings. The molecule has 0 aliphatic heterocycles. The van der Waals surface area contributed by atoms with E-state index in [0.717, 1.165) is 10.0 Å². The normalized spacial score (nSPS) is 12.9. The molecular formula is C9H11BrClNO. The van der Waals surface area contributed by atoms with Gasteiger partial charge >= 0.3 is 0 Å². The van der Waals surface area contributed by atoms with Crippen molar-refractivity contribution >= 4 is 27.5 Å². The van der Waals surface area contributed by atoms with Crippen LogP contribution >= 0.6 is 27.5 Å². The van der Waals surface area contributed by atoms with Gasteiger partial charge in [0.1, 0.15) is 0 Å². The largest absolute Gasteiger partial charge is 0.391 e. The van der Waals surface area contributed by atoms with Crippen LogP contribution < -0.4 is 5.73 Å². The zero-order valence-electron chi connectivity index (χ0n) is 7.00. The second-order valence-electron chi connectivity index (χ2n) is 2.83. The molecule has 3 N–H and O–H groups in total. The molecule has 0 amide bonds. The number of benzene rings is 1. The average Bonchev–Trinajstić information content (AvgIpc) is 2.09. The molecule has 1 aromatic rings. The van der Waals surface area contributed by atoms with Gasteiger partial charge in [0.15, 0.2) is 0 Å². The lowest BCUT2D eigenvalue weighted by Gasteiger charge is -2.09. The molecule has 2 nitrogen and oxygen atoms in total. The van der Waals surface area contributed by atoms with Gasteiger partial charge in [0.2, 0.25) is 0 Å². The second kappa shape index (κ2) is 4.96. The fraction of sp³-hybridized carbons (Fsp3) is 0.333. The van der Waals surface area contributed by atoms with Gasteiger partial charge in [0, 0.05) is 22.5 Å². The molecule has 0 aliphatic carbocycles. The van der Waals surface area contributed by atoms with Crippen LogP contribution in [0.5, 0.6) is 0 Å². The minimum atomic E-state index is -0.488. The van der Waals surface area contributed by atoms with Gasteiger partial charge in [-0.2, -0.15) is 0 Å². The Morgan fingerprint density at radius 2 is 2.23 bits per heavy atom. The predicted octanol–water partition coefficient (Wildman–Crippen LogP) is 1.96. The van der Waals surface area contributed by atoms with Gasteiger partial charge in [-0.3, -0.25) is 0 Å². The van der Waals surface area contributed by atoms with Crippen LogP contribution in [-0.2, 0) is 6.42 Å². The molecule has 13 heavy (non-hydrogen) atoms. The van der Waals surface area contributed by atoms with E-state index in [1.807, 2.05) is 6.07 Å². The number of rotatable bonds is 3. The first-order chi connectivity index (χ1) is 6.13. The molecule has 0 saturated carbocycles. The van der Waals surface area contributed by atoms with Gasteiger partial charge in [-0.25, -0.2) is 0 Å². The lowest BCUT2D eigenvalue weighted by molar-refractivity contribution is 0.183. The number of aliphatic hydroxyl groups excluding tert-OH is 1. The Morgan fingerprint density at radius 1 is 1.54 bits per heavy atom. The molecule has 72 valence electrons. The fourth-order valence-corrected chi connectivity index (χ4v) is 1.87. The van der Waals surface area contributed by atoms with Crippen LogP contribution in [0.3, 0.4) is 0 Å². The third-order valence-electron chi connectivity index (χ3n) is 1.74. The van der Waals surface area contributed by atoms with Crippen molar-refractivity contribution in [2.24, 2.45) is 5.73 Å². The van der Waals surface area contributed by atoms with Crippen molar-refractivity contribution in [1.82, 2.24) is 0 Å². The average molecular weight is 265 g/mol. The van der Waals surface area contributed by atoms with Crippen LogP contribution in [0.4, 0.5) is 0 Å². The molecule has 1 unspecified atom stereocenters. The minimum Gasteiger partial charge on any atom is -0.391 e. The third-order valence-corrected chi connectivity index (χ3v) is 2.72. The predicted molar refractivity (Wildman–Crippen MR) is 57.9 cm³/mol. The van der Waals surface area contributed by atoms with Crippen molar-refractivity contribution in [3.8, 4) is 0 Å². The summed E-state index contributed by atoms with van der Waals surface area (Å²) >= 11 is 9.14. The van der Waals surface area contributed by atoms with Gasteiger partial charge in [-0.1, -0.05) is 33.6 Å². The Balaban J connectivity index is 2.77. The van der Waals surface area contributed by atoms with Gasteiger partial charge in [-0.05, 0) is 17.7 Å². The monoisotopic (exact) mass is 263 g/mol. The Bertz CT molecular complexity index is 293. The van der Waals surface area contributed by atoms with Gasteiger partial charge in [0.05, 0.1) is 6.10 Å². The van der Waals surface area contributed by atoms with Gasteiger partial charge in [-0.15, -0.1) is 0 Å². The van der Waals surface area contributed by atoms with E-state index >= 15 is 0 Å². The molecule has 1 rings (SSSR count). The summed E-state index contributed by atoms with van der Waals surface area (Å²) in [5, 5.41) is 10.0. The van der Waals surface area contributed by atoms with Gasteiger partial charge in [0.25, 0.3) is 0 Å². The van der Waals surface area contributed by atoms with Crippen molar-refractivity contribution in [3.63, 3.8) is 0 Å². The highest BCUT2D eigenvalue weighted by Crippen LogP contribution is 2.22. The molecule has 0 saturated heterocycles. The second-order valence-corrected chi connectivity index (χ2v) is 4.12. The number of halogens is 2. The number of aliphatic hydroxyl groups is 1. The summed E-state index contributed by atoms with van der Waals surface area (Å²) in [6.45, 7) is 0.273. The molecule has 0 spiro atoms. The molecule has 1 atom stereocenters. The van der Waals surface area contributed by atoms with Crippen molar-refractivity contribution in [2.45, 2.75) is 12.5 Å². The van der Waals surface area contributed by atoms with Crippen LogP contribution in [0.2, 0.25) is 5.02 Å². The zero-order chi connectivity index (χ0) is 9.84. The number of hydrogen-bond donors (Lipinski definition) is 2. The number of hydrogen-bond acceptors (Lipinski definition) is 2. The first kappa shape index (κ1) is 11.0. The smallest absolute Gasteiger partial charge is 0.0703 e. The summed E-state index contributed by atoms with van der Waals surface area (Å²) in [6.07, 6.45) is 0.0614. The highest BCUT2D eigenvalue weighted by Gasteiger charge is 2.06.